The molecule has 2 aromatic carbocycles. The van der Waals surface area contributed by atoms with Crippen molar-refractivity contribution in [2.75, 3.05) is 11.4 Å². The summed E-state index contributed by atoms with van der Waals surface area (Å²) in [5, 5.41) is 9.80. The Kier molecular flexibility index (Phi) is 4.86. The second-order valence-corrected chi connectivity index (χ2v) is 5.47. The van der Waals surface area contributed by atoms with E-state index in [1.807, 2.05) is 55.1 Å². The molecular weight excluding hydrogens is 286 g/mol. The minimum atomic E-state index is -0.865. The molecule has 110 valence electrons. The van der Waals surface area contributed by atoms with Crippen LogP contribution >= 0.6 is 11.6 Å². The summed E-state index contributed by atoms with van der Waals surface area (Å²) >= 11 is 6.03. The van der Waals surface area contributed by atoms with E-state index in [0.717, 1.165) is 16.8 Å². The highest BCUT2D eigenvalue weighted by molar-refractivity contribution is 6.30. The molecule has 2 aromatic rings. The van der Waals surface area contributed by atoms with Crippen molar-refractivity contribution >= 4 is 23.3 Å². The van der Waals surface area contributed by atoms with Crippen molar-refractivity contribution in [1.82, 2.24) is 0 Å². The van der Waals surface area contributed by atoms with Gasteiger partial charge in [-0.2, -0.15) is 0 Å². The van der Waals surface area contributed by atoms with Gasteiger partial charge < -0.3 is 10.0 Å². The summed E-state index contributed by atoms with van der Waals surface area (Å²) in [5.41, 5.74) is 3.06. The van der Waals surface area contributed by atoms with E-state index in [-0.39, 0.29) is 12.6 Å². The molecule has 4 heteroatoms. The van der Waals surface area contributed by atoms with Crippen LogP contribution in [0.5, 0.6) is 0 Å². The lowest BCUT2D eigenvalue weighted by Gasteiger charge is -2.31. The molecule has 3 nitrogen and oxygen atoms in total. The summed E-state index contributed by atoms with van der Waals surface area (Å²) in [5.74, 6) is -0.865. The molecule has 0 saturated carbocycles. The van der Waals surface area contributed by atoms with Gasteiger partial charge in [0.25, 0.3) is 0 Å². The molecule has 2 rings (SSSR count). The Labute approximate surface area is 129 Å². The predicted molar refractivity (Wildman–Crippen MR) is 86.0 cm³/mol. The summed E-state index contributed by atoms with van der Waals surface area (Å²) in [7, 11) is 0. The van der Waals surface area contributed by atoms with Crippen molar-refractivity contribution in [1.29, 1.82) is 0 Å². The van der Waals surface area contributed by atoms with Gasteiger partial charge in [0.15, 0.2) is 0 Å². The van der Waals surface area contributed by atoms with Crippen LogP contribution in [0.15, 0.2) is 48.5 Å². The number of nitrogens with zero attached hydrogens (tertiary/aromatic N) is 1. The summed E-state index contributed by atoms with van der Waals surface area (Å²) in [6.07, 6.45) is 0. The number of aryl methyl sites for hydroxylation is 1. The molecule has 1 unspecified atom stereocenters. The van der Waals surface area contributed by atoms with Crippen molar-refractivity contribution in [3.8, 4) is 0 Å². The highest BCUT2D eigenvalue weighted by atomic mass is 35.5. The van der Waals surface area contributed by atoms with E-state index in [2.05, 4.69) is 0 Å². The quantitative estimate of drug-likeness (QED) is 0.895. The third-order valence-electron chi connectivity index (χ3n) is 3.55. The predicted octanol–water partition coefficient (Wildman–Crippen LogP) is 4.30. The first-order valence-corrected chi connectivity index (χ1v) is 7.16. The topological polar surface area (TPSA) is 40.5 Å². The Bertz CT molecular complexity index is 642. The van der Waals surface area contributed by atoms with Gasteiger partial charge in [0, 0.05) is 10.7 Å². The van der Waals surface area contributed by atoms with Crippen LogP contribution in [0.25, 0.3) is 0 Å². The number of rotatable bonds is 5. The molecule has 1 atom stereocenters. The Hall–Kier alpha value is -2.00. The molecule has 0 amide bonds. The zero-order valence-electron chi connectivity index (χ0n) is 12.1. The molecule has 0 bridgehead atoms. The van der Waals surface area contributed by atoms with Gasteiger partial charge in [0.05, 0.1) is 6.04 Å². The molecule has 0 aliphatic rings. The Morgan fingerprint density at radius 2 is 1.95 bits per heavy atom. The lowest BCUT2D eigenvalue weighted by molar-refractivity contribution is -0.135. The van der Waals surface area contributed by atoms with E-state index >= 15 is 0 Å². The second-order valence-electron chi connectivity index (χ2n) is 5.03. The highest BCUT2D eigenvalue weighted by Gasteiger charge is 2.20. The van der Waals surface area contributed by atoms with Crippen LogP contribution < -0.4 is 4.90 Å². The molecule has 0 aliphatic carbocycles. The van der Waals surface area contributed by atoms with Gasteiger partial charge >= 0.3 is 5.97 Å². The monoisotopic (exact) mass is 303 g/mol. The first kappa shape index (κ1) is 15.4. The largest absolute Gasteiger partial charge is 0.480 e. The second kappa shape index (κ2) is 6.64. The number of hydrogen-bond donors (Lipinski definition) is 1. The van der Waals surface area contributed by atoms with Gasteiger partial charge in [-0.1, -0.05) is 41.9 Å². The van der Waals surface area contributed by atoms with E-state index < -0.39 is 5.97 Å². The Morgan fingerprint density at radius 3 is 2.57 bits per heavy atom. The average Bonchev–Trinajstić information content (AvgIpc) is 2.44. The highest BCUT2D eigenvalue weighted by Crippen LogP contribution is 2.30. The first-order chi connectivity index (χ1) is 9.99. The molecule has 0 aliphatic heterocycles. The van der Waals surface area contributed by atoms with E-state index in [0.29, 0.717) is 5.02 Å². The normalized spacial score (nSPS) is 12.0. The van der Waals surface area contributed by atoms with E-state index in [1.165, 1.54) is 0 Å². The smallest absolute Gasteiger partial charge is 0.323 e. The third kappa shape index (κ3) is 3.76. The van der Waals surface area contributed by atoms with Crippen LogP contribution in [0.4, 0.5) is 5.69 Å². The van der Waals surface area contributed by atoms with Crippen LogP contribution in [-0.4, -0.2) is 17.6 Å². The van der Waals surface area contributed by atoms with Crippen LogP contribution in [0.2, 0.25) is 5.02 Å². The number of aliphatic carboxylic acids is 1. The molecule has 0 fully saturated rings. The molecular formula is C17H18ClNO2. The average molecular weight is 304 g/mol. The van der Waals surface area contributed by atoms with Crippen molar-refractivity contribution in [2.24, 2.45) is 0 Å². The van der Waals surface area contributed by atoms with Gasteiger partial charge in [0.1, 0.15) is 6.54 Å². The number of carboxylic acids is 1. The fourth-order valence-electron chi connectivity index (χ4n) is 2.48. The van der Waals surface area contributed by atoms with Crippen molar-refractivity contribution in [3.63, 3.8) is 0 Å². The molecule has 0 saturated heterocycles. The number of benzene rings is 2. The molecule has 0 radical (unpaired) electrons. The van der Waals surface area contributed by atoms with Crippen molar-refractivity contribution in [2.45, 2.75) is 19.9 Å². The molecule has 0 aromatic heterocycles. The number of carboxylic acid groups (broad SMARTS) is 1. The van der Waals surface area contributed by atoms with E-state index in [4.69, 9.17) is 11.6 Å². The van der Waals surface area contributed by atoms with Crippen LogP contribution in [0.1, 0.15) is 24.1 Å². The summed E-state index contributed by atoms with van der Waals surface area (Å²) in [4.78, 5) is 13.1. The van der Waals surface area contributed by atoms with E-state index in [1.54, 1.807) is 12.1 Å². The van der Waals surface area contributed by atoms with E-state index in [9.17, 15) is 9.90 Å². The van der Waals surface area contributed by atoms with Gasteiger partial charge in [0.2, 0.25) is 0 Å². The maximum atomic E-state index is 11.2. The number of hydrogen-bond acceptors (Lipinski definition) is 2. The maximum Gasteiger partial charge on any atom is 0.323 e. The van der Waals surface area contributed by atoms with Gasteiger partial charge in [-0.3, -0.25) is 4.79 Å². The fourth-order valence-corrected chi connectivity index (χ4v) is 2.66. The van der Waals surface area contributed by atoms with Crippen LogP contribution in [0, 0.1) is 6.92 Å². The molecule has 0 spiro atoms. The Balaban J connectivity index is 2.40. The fraction of sp³-hybridized carbons (Fsp3) is 0.235. The lowest BCUT2D eigenvalue weighted by Crippen LogP contribution is -2.32. The van der Waals surface area contributed by atoms with Gasteiger partial charge in [-0.15, -0.1) is 0 Å². The minimum Gasteiger partial charge on any atom is -0.480 e. The SMILES string of the molecule is Cc1ccccc1C(C)N(CC(=O)O)c1cccc(Cl)c1. The summed E-state index contributed by atoms with van der Waals surface area (Å²) in [6.45, 7) is 3.96. The third-order valence-corrected chi connectivity index (χ3v) is 3.79. The molecule has 1 N–H and O–H groups in total. The standard InChI is InChI=1S/C17H18ClNO2/c1-12-6-3-4-9-16(12)13(2)19(11-17(20)21)15-8-5-7-14(18)10-15/h3-10,13H,11H2,1-2H3,(H,20,21). The Morgan fingerprint density at radius 1 is 1.24 bits per heavy atom. The van der Waals surface area contributed by atoms with Crippen molar-refractivity contribution in [3.05, 3.63) is 64.7 Å². The minimum absolute atomic E-state index is 0.0548. The number of halogens is 1. The van der Waals surface area contributed by atoms with Gasteiger partial charge in [-0.25, -0.2) is 0 Å². The first-order valence-electron chi connectivity index (χ1n) is 6.78. The number of anilines is 1. The zero-order valence-corrected chi connectivity index (χ0v) is 12.8. The molecule has 0 heterocycles. The van der Waals surface area contributed by atoms with Crippen LogP contribution in [-0.2, 0) is 4.79 Å². The zero-order chi connectivity index (χ0) is 15.4. The lowest BCUT2D eigenvalue weighted by atomic mass is 10.0. The van der Waals surface area contributed by atoms with Gasteiger partial charge in [-0.05, 0) is 43.2 Å². The van der Waals surface area contributed by atoms with Crippen molar-refractivity contribution < 1.29 is 9.90 Å². The van der Waals surface area contributed by atoms with Crippen LogP contribution in [0.3, 0.4) is 0 Å². The summed E-state index contributed by atoms with van der Waals surface area (Å²) < 4.78 is 0. The number of carbonyl (C=O) groups is 1. The maximum absolute atomic E-state index is 11.2. The summed E-state index contributed by atoms with van der Waals surface area (Å²) in [6, 6.07) is 15.2. The molecule has 21 heavy (non-hydrogen) atoms.